The van der Waals surface area contributed by atoms with Gasteiger partial charge in [-0.3, -0.25) is 0 Å². The van der Waals surface area contributed by atoms with Crippen LogP contribution in [0.5, 0.6) is 0 Å². The fourth-order valence-electron chi connectivity index (χ4n) is 5.27. The van der Waals surface area contributed by atoms with E-state index in [1.807, 2.05) is 0 Å². The van der Waals surface area contributed by atoms with Crippen LogP contribution in [-0.2, 0) is 11.2 Å². The van der Waals surface area contributed by atoms with Crippen LogP contribution in [0.15, 0.2) is 65.5 Å². The maximum absolute atomic E-state index is 6.24. The summed E-state index contributed by atoms with van der Waals surface area (Å²) in [6.07, 6.45) is 18.8. The van der Waals surface area contributed by atoms with Crippen LogP contribution in [0.25, 0.3) is 17.0 Å². The average molecular weight is 341 g/mol. The Kier molecular flexibility index (Phi) is 3.11. The molecule has 0 spiro atoms. The molecule has 2 heterocycles. The van der Waals surface area contributed by atoms with Gasteiger partial charge in [0.2, 0.25) is 0 Å². The van der Waals surface area contributed by atoms with E-state index in [2.05, 4.69) is 59.2 Å². The zero-order valence-corrected chi connectivity index (χ0v) is 14.9. The Bertz CT molecular complexity index is 1030. The van der Waals surface area contributed by atoms with Gasteiger partial charge in [0, 0.05) is 27.7 Å². The number of fused-ring (bicyclic) bond motifs is 5. The van der Waals surface area contributed by atoms with Crippen molar-refractivity contribution in [3.05, 3.63) is 76.7 Å². The largest absolute Gasteiger partial charge is 0.485 e. The minimum Gasteiger partial charge on any atom is -0.485 e. The van der Waals surface area contributed by atoms with Crippen LogP contribution in [0, 0.1) is 0 Å². The van der Waals surface area contributed by atoms with Crippen molar-refractivity contribution in [2.24, 2.45) is 0 Å². The summed E-state index contributed by atoms with van der Waals surface area (Å²) in [6, 6.07) is 9.37. The van der Waals surface area contributed by atoms with Crippen LogP contribution in [-0.4, -0.2) is 10.7 Å². The van der Waals surface area contributed by atoms with E-state index in [9.17, 15) is 0 Å². The molecule has 0 saturated carbocycles. The number of nitrogens with zero attached hydrogens (tertiary/aromatic N) is 1. The number of allylic oxidation sites excluding steroid dienone is 4. The highest BCUT2D eigenvalue weighted by molar-refractivity contribution is 5.92. The van der Waals surface area contributed by atoms with Gasteiger partial charge in [-0.05, 0) is 56.2 Å². The van der Waals surface area contributed by atoms with Crippen molar-refractivity contribution >= 4 is 17.0 Å². The van der Waals surface area contributed by atoms with Crippen molar-refractivity contribution in [2.45, 2.75) is 50.7 Å². The lowest BCUT2D eigenvalue weighted by molar-refractivity contribution is 0.155. The Labute approximate surface area is 154 Å². The molecule has 6 rings (SSSR count). The van der Waals surface area contributed by atoms with Crippen LogP contribution >= 0.6 is 0 Å². The van der Waals surface area contributed by atoms with Gasteiger partial charge in [0.1, 0.15) is 11.9 Å². The molecule has 1 aromatic carbocycles. The van der Waals surface area contributed by atoms with Crippen molar-refractivity contribution in [1.82, 2.24) is 4.57 Å². The number of hydrogen-bond donors (Lipinski definition) is 0. The predicted octanol–water partition coefficient (Wildman–Crippen LogP) is 5.86. The molecular formula is C24H23NO. The number of ether oxygens (including phenoxy) is 1. The Morgan fingerprint density at radius 1 is 0.962 bits per heavy atom. The van der Waals surface area contributed by atoms with Crippen molar-refractivity contribution < 1.29 is 4.74 Å². The lowest BCUT2D eigenvalue weighted by Gasteiger charge is -2.28. The van der Waals surface area contributed by atoms with E-state index in [1.54, 1.807) is 0 Å². The minimum atomic E-state index is 0.288. The van der Waals surface area contributed by atoms with Gasteiger partial charge in [-0.15, -0.1) is 0 Å². The summed E-state index contributed by atoms with van der Waals surface area (Å²) in [4.78, 5) is 0. The zero-order chi connectivity index (χ0) is 17.1. The number of benzene rings is 1. The molecule has 2 nitrogen and oxygen atoms in total. The van der Waals surface area contributed by atoms with Crippen molar-refractivity contribution in [3.63, 3.8) is 0 Å². The van der Waals surface area contributed by atoms with Crippen molar-refractivity contribution in [2.75, 3.05) is 0 Å². The molecule has 0 radical (unpaired) electrons. The fraction of sp³-hybridized carbons (Fsp3) is 0.333. The third-order valence-corrected chi connectivity index (χ3v) is 6.41. The number of aromatic nitrogens is 1. The van der Waals surface area contributed by atoms with E-state index in [4.69, 9.17) is 4.74 Å². The lowest BCUT2D eigenvalue weighted by atomic mass is 9.86. The number of para-hydroxylation sites is 1. The summed E-state index contributed by atoms with van der Waals surface area (Å²) >= 11 is 0. The molecule has 4 aliphatic rings. The smallest absolute Gasteiger partial charge is 0.124 e. The average Bonchev–Trinajstić information content (AvgIpc) is 3.23. The predicted molar refractivity (Wildman–Crippen MR) is 106 cm³/mol. The van der Waals surface area contributed by atoms with Crippen LogP contribution < -0.4 is 0 Å². The second kappa shape index (κ2) is 5.51. The van der Waals surface area contributed by atoms with Gasteiger partial charge in [-0.2, -0.15) is 0 Å². The highest BCUT2D eigenvalue weighted by Gasteiger charge is 2.35. The van der Waals surface area contributed by atoms with Crippen molar-refractivity contribution in [3.8, 4) is 0 Å². The van der Waals surface area contributed by atoms with Gasteiger partial charge in [0.25, 0.3) is 0 Å². The first-order chi connectivity index (χ1) is 12.9. The maximum atomic E-state index is 6.24. The topological polar surface area (TPSA) is 14.2 Å². The van der Waals surface area contributed by atoms with Crippen LogP contribution in [0.2, 0.25) is 0 Å². The molecule has 0 amide bonds. The Morgan fingerprint density at radius 2 is 1.85 bits per heavy atom. The molecule has 2 atom stereocenters. The first kappa shape index (κ1) is 14.7. The molecule has 0 fully saturated rings. The summed E-state index contributed by atoms with van der Waals surface area (Å²) in [7, 11) is 0. The highest BCUT2D eigenvalue weighted by atomic mass is 16.5. The first-order valence-corrected chi connectivity index (χ1v) is 9.97. The Morgan fingerprint density at radius 3 is 2.85 bits per heavy atom. The molecule has 2 unspecified atom stereocenters. The van der Waals surface area contributed by atoms with E-state index < -0.39 is 0 Å². The summed E-state index contributed by atoms with van der Waals surface area (Å²) in [5, 5.41) is 1.40. The quantitative estimate of drug-likeness (QED) is 0.633. The molecule has 130 valence electrons. The zero-order valence-electron chi connectivity index (χ0n) is 14.9. The van der Waals surface area contributed by atoms with E-state index in [-0.39, 0.29) is 6.10 Å². The molecule has 26 heavy (non-hydrogen) atoms. The maximum Gasteiger partial charge on any atom is 0.124 e. The normalized spacial score (nSPS) is 26.4. The first-order valence-electron chi connectivity index (χ1n) is 9.97. The minimum absolute atomic E-state index is 0.288. The van der Waals surface area contributed by atoms with Gasteiger partial charge in [-0.25, -0.2) is 0 Å². The molecular weight excluding hydrogens is 318 g/mol. The second-order valence-corrected chi connectivity index (χ2v) is 7.85. The van der Waals surface area contributed by atoms with Gasteiger partial charge in [0.05, 0.1) is 6.04 Å². The summed E-state index contributed by atoms with van der Waals surface area (Å²) < 4.78 is 8.87. The van der Waals surface area contributed by atoms with Crippen molar-refractivity contribution in [1.29, 1.82) is 0 Å². The van der Waals surface area contributed by atoms with E-state index in [0.717, 1.165) is 44.3 Å². The highest BCUT2D eigenvalue weighted by Crippen LogP contribution is 2.45. The van der Waals surface area contributed by atoms with Gasteiger partial charge < -0.3 is 9.30 Å². The molecule has 0 N–H and O–H groups in total. The number of hydrogen-bond acceptors (Lipinski definition) is 1. The summed E-state index contributed by atoms with van der Waals surface area (Å²) in [6.45, 7) is 0. The van der Waals surface area contributed by atoms with Crippen LogP contribution in [0.4, 0.5) is 0 Å². The molecule has 1 aromatic heterocycles. The molecule has 1 aliphatic heterocycles. The molecule has 0 saturated heterocycles. The number of rotatable bonds is 1. The van der Waals surface area contributed by atoms with E-state index >= 15 is 0 Å². The van der Waals surface area contributed by atoms with Crippen LogP contribution in [0.1, 0.15) is 49.4 Å². The van der Waals surface area contributed by atoms with E-state index in [0.29, 0.717) is 6.04 Å². The Hall–Kier alpha value is -2.48. The standard InChI is InChI=1S/C24H23NO/c1-4-10-21-17(7-1)18-8-2-5-11-22(18)25(21)16-13-14-24-20(15-16)19-9-3-6-12-23(19)26-24/h1-2,4,6-8,10,12,15-16,24H,3,5,9,11,13-14H2. The molecule has 2 aromatic rings. The van der Waals surface area contributed by atoms with Crippen LogP contribution in [0.3, 0.4) is 0 Å². The SMILES string of the molecule is C1=CC2=C(CC1)C1=CC(n3c4c(c5ccccc53)C=CCC4)CCC1O2. The van der Waals surface area contributed by atoms with Gasteiger partial charge >= 0.3 is 0 Å². The monoisotopic (exact) mass is 341 g/mol. The molecule has 0 bridgehead atoms. The Balaban J connectivity index is 1.52. The van der Waals surface area contributed by atoms with E-state index in [1.165, 1.54) is 33.3 Å². The summed E-state index contributed by atoms with van der Waals surface area (Å²) in [5.74, 6) is 1.13. The third kappa shape index (κ3) is 1.99. The molecule has 3 aliphatic carbocycles. The summed E-state index contributed by atoms with van der Waals surface area (Å²) in [5.41, 5.74) is 7.29. The second-order valence-electron chi connectivity index (χ2n) is 7.85. The van der Waals surface area contributed by atoms with Gasteiger partial charge in [-0.1, -0.05) is 42.5 Å². The fourth-order valence-corrected chi connectivity index (χ4v) is 5.27. The van der Waals surface area contributed by atoms with Gasteiger partial charge in [0.15, 0.2) is 0 Å². The lowest BCUT2D eigenvalue weighted by Crippen LogP contribution is -2.21. The molecule has 2 heteroatoms. The third-order valence-electron chi connectivity index (χ3n) is 6.41.